The van der Waals surface area contributed by atoms with Crippen molar-refractivity contribution in [1.29, 1.82) is 0 Å². The van der Waals surface area contributed by atoms with E-state index in [0.29, 0.717) is 13.0 Å². The lowest BCUT2D eigenvalue weighted by Gasteiger charge is -2.29. The largest absolute Gasteiger partial charge is 0.378 e. The lowest BCUT2D eigenvalue weighted by atomic mass is 9.99. The van der Waals surface area contributed by atoms with Crippen molar-refractivity contribution in [3.05, 3.63) is 35.4 Å². The second-order valence-corrected chi connectivity index (χ2v) is 6.03. The van der Waals surface area contributed by atoms with E-state index in [1.807, 2.05) is 0 Å². The monoisotopic (exact) mass is 288 g/mol. The Morgan fingerprint density at radius 3 is 3.05 bits per heavy atom. The molecule has 2 aliphatic heterocycles. The average molecular weight is 288 g/mol. The first kappa shape index (κ1) is 14.5. The van der Waals surface area contributed by atoms with Gasteiger partial charge in [0.15, 0.2) is 0 Å². The fourth-order valence-corrected chi connectivity index (χ4v) is 3.43. The van der Waals surface area contributed by atoms with Crippen LogP contribution in [0.2, 0.25) is 0 Å². The van der Waals surface area contributed by atoms with Crippen molar-refractivity contribution in [3.63, 3.8) is 0 Å². The standard InChI is InChI=1S/C17H24N2O2/c1-13-5-2-3-6-15(13)16-7-4-9-19(16)17(20)11-14-12-21-10-8-18-14/h2-3,5-6,14,16,18H,4,7-12H2,1H3. The van der Waals surface area contributed by atoms with Gasteiger partial charge in [-0.1, -0.05) is 24.3 Å². The number of hydrogen-bond acceptors (Lipinski definition) is 3. The van der Waals surface area contributed by atoms with Gasteiger partial charge in [-0.3, -0.25) is 4.79 Å². The van der Waals surface area contributed by atoms with Crippen molar-refractivity contribution in [2.45, 2.75) is 38.3 Å². The van der Waals surface area contributed by atoms with Crippen LogP contribution in [-0.4, -0.2) is 43.2 Å². The highest BCUT2D eigenvalue weighted by molar-refractivity contribution is 5.77. The van der Waals surface area contributed by atoms with Crippen molar-refractivity contribution in [1.82, 2.24) is 10.2 Å². The number of nitrogens with zero attached hydrogens (tertiary/aromatic N) is 1. The van der Waals surface area contributed by atoms with Crippen LogP contribution in [-0.2, 0) is 9.53 Å². The summed E-state index contributed by atoms with van der Waals surface area (Å²) in [7, 11) is 0. The lowest BCUT2D eigenvalue weighted by Crippen LogP contribution is -2.45. The highest BCUT2D eigenvalue weighted by Crippen LogP contribution is 2.34. The van der Waals surface area contributed by atoms with E-state index in [1.54, 1.807) is 0 Å². The predicted molar refractivity (Wildman–Crippen MR) is 82.1 cm³/mol. The van der Waals surface area contributed by atoms with E-state index in [2.05, 4.69) is 41.4 Å². The summed E-state index contributed by atoms with van der Waals surface area (Å²) >= 11 is 0. The van der Waals surface area contributed by atoms with Gasteiger partial charge in [0.25, 0.3) is 0 Å². The van der Waals surface area contributed by atoms with Crippen molar-refractivity contribution in [2.75, 3.05) is 26.3 Å². The maximum absolute atomic E-state index is 12.6. The molecular weight excluding hydrogens is 264 g/mol. The second-order valence-electron chi connectivity index (χ2n) is 6.03. The minimum Gasteiger partial charge on any atom is -0.378 e. The Bertz CT molecular complexity index is 497. The molecule has 0 spiro atoms. The summed E-state index contributed by atoms with van der Waals surface area (Å²) < 4.78 is 5.44. The number of morpholine rings is 1. The Labute approximate surface area is 126 Å². The van der Waals surface area contributed by atoms with Crippen molar-refractivity contribution in [2.24, 2.45) is 0 Å². The fraction of sp³-hybridized carbons (Fsp3) is 0.588. The Kier molecular flexibility index (Phi) is 4.56. The van der Waals surface area contributed by atoms with Crippen LogP contribution in [0.4, 0.5) is 0 Å². The van der Waals surface area contributed by atoms with Gasteiger partial charge in [0.05, 0.1) is 19.3 Å². The lowest BCUT2D eigenvalue weighted by molar-refractivity contribution is -0.133. The van der Waals surface area contributed by atoms with Gasteiger partial charge in [0.2, 0.25) is 5.91 Å². The second kappa shape index (κ2) is 6.58. The van der Waals surface area contributed by atoms with Gasteiger partial charge in [0, 0.05) is 25.6 Å². The van der Waals surface area contributed by atoms with E-state index in [9.17, 15) is 4.79 Å². The van der Waals surface area contributed by atoms with Gasteiger partial charge in [-0.2, -0.15) is 0 Å². The molecule has 2 fully saturated rings. The van der Waals surface area contributed by atoms with Crippen LogP contribution in [0.15, 0.2) is 24.3 Å². The molecule has 2 saturated heterocycles. The molecule has 0 aromatic heterocycles. The van der Waals surface area contributed by atoms with Gasteiger partial charge >= 0.3 is 0 Å². The Hall–Kier alpha value is -1.39. The van der Waals surface area contributed by atoms with Crippen molar-refractivity contribution in [3.8, 4) is 0 Å². The first-order valence-corrected chi connectivity index (χ1v) is 7.92. The van der Waals surface area contributed by atoms with Crippen LogP contribution in [0.1, 0.15) is 36.4 Å². The molecule has 1 amide bonds. The summed E-state index contributed by atoms with van der Waals surface area (Å²) in [4.78, 5) is 14.7. The van der Waals surface area contributed by atoms with E-state index >= 15 is 0 Å². The summed E-state index contributed by atoms with van der Waals surface area (Å²) in [5, 5.41) is 3.37. The molecule has 4 nitrogen and oxygen atoms in total. The quantitative estimate of drug-likeness (QED) is 0.925. The first-order chi connectivity index (χ1) is 10.3. The zero-order valence-electron chi connectivity index (χ0n) is 12.7. The maximum Gasteiger partial charge on any atom is 0.224 e. The number of nitrogens with one attached hydrogen (secondary N) is 1. The number of rotatable bonds is 3. The third-order valence-corrected chi connectivity index (χ3v) is 4.54. The summed E-state index contributed by atoms with van der Waals surface area (Å²) in [6.45, 7) is 5.26. The van der Waals surface area contributed by atoms with E-state index in [-0.39, 0.29) is 18.0 Å². The van der Waals surface area contributed by atoms with E-state index in [1.165, 1.54) is 11.1 Å². The number of hydrogen-bond donors (Lipinski definition) is 1. The number of likely N-dealkylation sites (tertiary alicyclic amines) is 1. The molecule has 114 valence electrons. The van der Waals surface area contributed by atoms with E-state index in [0.717, 1.165) is 32.5 Å². The van der Waals surface area contributed by atoms with E-state index in [4.69, 9.17) is 4.74 Å². The Morgan fingerprint density at radius 2 is 2.29 bits per heavy atom. The molecule has 4 heteroatoms. The molecule has 1 aromatic carbocycles. The number of carbonyl (C=O) groups excluding carboxylic acids is 1. The number of carbonyl (C=O) groups is 1. The third-order valence-electron chi connectivity index (χ3n) is 4.54. The number of aryl methyl sites for hydroxylation is 1. The molecule has 0 radical (unpaired) electrons. The molecule has 2 atom stereocenters. The summed E-state index contributed by atoms with van der Waals surface area (Å²) in [5.41, 5.74) is 2.58. The molecular formula is C17H24N2O2. The molecule has 2 aliphatic rings. The van der Waals surface area contributed by atoms with Gasteiger partial charge < -0.3 is 15.0 Å². The maximum atomic E-state index is 12.6. The van der Waals surface area contributed by atoms with Gasteiger partial charge in [0.1, 0.15) is 0 Å². The number of amides is 1. The molecule has 1 aromatic rings. The molecule has 0 aliphatic carbocycles. The van der Waals surface area contributed by atoms with Crippen molar-refractivity contribution >= 4 is 5.91 Å². The van der Waals surface area contributed by atoms with Crippen LogP contribution >= 0.6 is 0 Å². The molecule has 0 saturated carbocycles. The first-order valence-electron chi connectivity index (χ1n) is 7.92. The minimum atomic E-state index is 0.171. The SMILES string of the molecule is Cc1ccccc1C1CCCN1C(=O)CC1COCCN1. The van der Waals surface area contributed by atoms with Gasteiger partial charge in [-0.15, -0.1) is 0 Å². The Balaban J connectivity index is 1.68. The predicted octanol–water partition coefficient (Wildman–Crippen LogP) is 2.04. The highest BCUT2D eigenvalue weighted by atomic mass is 16.5. The fourth-order valence-electron chi connectivity index (χ4n) is 3.43. The molecule has 2 heterocycles. The zero-order valence-corrected chi connectivity index (χ0v) is 12.7. The third kappa shape index (κ3) is 3.27. The smallest absolute Gasteiger partial charge is 0.224 e. The summed E-state index contributed by atoms with van der Waals surface area (Å²) in [6.07, 6.45) is 2.72. The summed E-state index contributed by atoms with van der Waals surface area (Å²) in [5.74, 6) is 0.253. The van der Waals surface area contributed by atoms with Crippen LogP contribution < -0.4 is 5.32 Å². The molecule has 0 bridgehead atoms. The van der Waals surface area contributed by atoms with Crippen LogP contribution in [0.5, 0.6) is 0 Å². The topological polar surface area (TPSA) is 41.6 Å². The van der Waals surface area contributed by atoms with Gasteiger partial charge in [-0.25, -0.2) is 0 Å². The summed E-state index contributed by atoms with van der Waals surface area (Å²) in [6, 6.07) is 8.84. The zero-order chi connectivity index (χ0) is 14.7. The van der Waals surface area contributed by atoms with Crippen molar-refractivity contribution < 1.29 is 9.53 Å². The van der Waals surface area contributed by atoms with Crippen LogP contribution in [0.25, 0.3) is 0 Å². The Morgan fingerprint density at radius 1 is 1.43 bits per heavy atom. The highest BCUT2D eigenvalue weighted by Gasteiger charge is 2.31. The minimum absolute atomic E-state index is 0.171. The molecule has 3 rings (SSSR count). The molecule has 1 N–H and O–H groups in total. The number of ether oxygens (including phenoxy) is 1. The number of benzene rings is 1. The van der Waals surface area contributed by atoms with Crippen LogP contribution in [0, 0.1) is 6.92 Å². The van der Waals surface area contributed by atoms with Crippen LogP contribution in [0.3, 0.4) is 0 Å². The normalized spacial score (nSPS) is 26.0. The molecule has 2 unspecified atom stereocenters. The van der Waals surface area contributed by atoms with Gasteiger partial charge in [-0.05, 0) is 30.9 Å². The molecule has 21 heavy (non-hydrogen) atoms. The van der Waals surface area contributed by atoms with E-state index < -0.39 is 0 Å². The average Bonchev–Trinajstić information content (AvgIpc) is 2.98.